The van der Waals surface area contributed by atoms with Gasteiger partial charge in [-0.05, 0) is 31.2 Å². The maximum absolute atomic E-state index is 11.3. The average molecular weight is 192 g/mol. The Bertz CT molecular complexity index is 350. The van der Waals surface area contributed by atoms with E-state index in [1.807, 2.05) is 12.1 Å². The summed E-state index contributed by atoms with van der Waals surface area (Å²) in [6.45, 7) is 1.60. The van der Waals surface area contributed by atoms with Gasteiger partial charge in [-0.3, -0.25) is 4.79 Å². The molecule has 0 spiro atoms. The number of oxime groups is 1. The summed E-state index contributed by atoms with van der Waals surface area (Å²) in [7, 11) is 1.41. The minimum absolute atomic E-state index is 0.165. The minimum atomic E-state index is -0.165. The van der Waals surface area contributed by atoms with Crippen LogP contribution in [0.5, 0.6) is 0 Å². The van der Waals surface area contributed by atoms with E-state index in [0.717, 1.165) is 5.69 Å². The Balaban J connectivity index is 2.61. The highest BCUT2D eigenvalue weighted by Crippen LogP contribution is 1.97. The van der Waals surface area contributed by atoms with Gasteiger partial charge in [0.15, 0.2) is 0 Å². The van der Waals surface area contributed by atoms with Crippen LogP contribution in [0.4, 0.5) is 0 Å². The molecule has 0 saturated heterocycles. The van der Waals surface area contributed by atoms with Gasteiger partial charge in [-0.1, -0.05) is 5.16 Å². The molecule has 74 valence electrons. The molecule has 0 unspecified atom stereocenters. The Morgan fingerprint density at radius 3 is 3.00 bits per heavy atom. The second kappa shape index (κ2) is 5.01. The molecule has 4 nitrogen and oxygen atoms in total. The van der Waals surface area contributed by atoms with Gasteiger partial charge in [0.25, 0.3) is 0 Å². The van der Waals surface area contributed by atoms with E-state index in [9.17, 15) is 4.79 Å². The van der Waals surface area contributed by atoms with Crippen LogP contribution in [0.3, 0.4) is 0 Å². The zero-order chi connectivity index (χ0) is 10.4. The highest BCUT2D eigenvalue weighted by molar-refractivity contribution is 6.43. The van der Waals surface area contributed by atoms with Crippen molar-refractivity contribution in [2.45, 2.75) is 6.92 Å². The standard InChI is InChI=1S/C10H12N2O2/c1-8(12-14-2)10(13)6-5-9-4-3-7-11-9/h3-7,11H,1-2H3/b6-5+,12-8+. The predicted molar refractivity (Wildman–Crippen MR) is 55.0 cm³/mol. The molecular formula is C10H12N2O2. The summed E-state index contributed by atoms with van der Waals surface area (Å²) in [6.07, 6.45) is 4.93. The highest BCUT2D eigenvalue weighted by Gasteiger charge is 2.01. The molecule has 0 aliphatic heterocycles. The van der Waals surface area contributed by atoms with Crippen molar-refractivity contribution in [3.05, 3.63) is 30.1 Å². The first-order valence-corrected chi connectivity index (χ1v) is 4.17. The molecule has 0 fully saturated rings. The maximum atomic E-state index is 11.3. The van der Waals surface area contributed by atoms with Crippen molar-refractivity contribution in [2.75, 3.05) is 7.11 Å². The van der Waals surface area contributed by atoms with Gasteiger partial charge in [-0.25, -0.2) is 0 Å². The van der Waals surface area contributed by atoms with Crippen LogP contribution >= 0.6 is 0 Å². The first kappa shape index (κ1) is 10.2. The molecule has 0 radical (unpaired) electrons. The van der Waals surface area contributed by atoms with E-state index < -0.39 is 0 Å². The molecule has 1 rings (SSSR count). The number of nitrogens with one attached hydrogen (secondary N) is 1. The lowest BCUT2D eigenvalue weighted by Crippen LogP contribution is -2.06. The number of aromatic nitrogens is 1. The lowest BCUT2D eigenvalue weighted by atomic mass is 10.2. The molecule has 0 aliphatic rings. The van der Waals surface area contributed by atoms with Crippen LogP contribution in [0.15, 0.2) is 29.6 Å². The summed E-state index contributed by atoms with van der Waals surface area (Å²) in [6, 6.07) is 3.73. The van der Waals surface area contributed by atoms with Crippen molar-refractivity contribution in [2.24, 2.45) is 5.16 Å². The molecule has 1 aromatic rings. The van der Waals surface area contributed by atoms with Crippen molar-refractivity contribution < 1.29 is 9.63 Å². The van der Waals surface area contributed by atoms with E-state index in [2.05, 4.69) is 15.0 Å². The minimum Gasteiger partial charge on any atom is -0.399 e. The van der Waals surface area contributed by atoms with Gasteiger partial charge in [-0.15, -0.1) is 0 Å². The fourth-order valence-corrected chi connectivity index (χ4v) is 0.916. The Hall–Kier alpha value is -1.84. The van der Waals surface area contributed by atoms with Gasteiger partial charge in [0.2, 0.25) is 5.78 Å². The number of hydrogen-bond donors (Lipinski definition) is 1. The Kier molecular flexibility index (Phi) is 3.67. The van der Waals surface area contributed by atoms with E-state index in [0.29, 0.717) is 5.71 Å². The fraction of sp³-hybridized carbons (Fsp3) is 0.200. The number of carbonyl (C=O) groups is 1. The van der Waals surface area contributed by atoms with Crippen molar-refractivity contribution in [3.8, 4) is 0 Å². The Morgan fingerprint density at radius 1 is 1.64 bits per heavy atom. The third-order valence-electron chi connectivity index (χ3n) is 1.62. The van der Waals surface area contributed by atoms with E-state index in [1.54, 1.807) is 19.2 Å². The summed E-state index contributed by atoms with van der Waals surface area (Å²) >= 11 is 0. The molecule has 4 heteroatoms. The van der Waals surface area contributed by atoms with Crippen molar-refractivity contribution in [1.29, 1.82) is 0 Å². The predicted octanol–water partition coefficient (Wildman–Crippen LogP) is 1.62. The third kappa shape index (κ3) is 2.90. The normalized spacial score (nSPS) is 12.0. The molecule has 1 N–H and O–H groups in total. The summed E-state index contributed by atoms with van der Waals surface area (Å²) in [4.78, 5) is 18.8. The molecule has 0 atom stereocenters. The number of allylic oxidation sites excluding steroid dienone is 1. The van der Waals surface area contributed by atoms with Gasteiger partial charge >= 0.3 is 0 Å². The average Bonchev–Trinajstić information content (AvgIpc) is 2.67. The molecule has 0 aromatic carbocycles. The zero-order valence-electron chi connectivity index (χ0n) is 8.15. The lowest BCUT2D eigenvalue weighted by Gasteiger charge is -1.92. The quantitative estimate of drug-likeness (QED) is 0.447. The Labute approximate surface area is 82.3 Å². The lowest BCUT2D eigenvalue weighted by molar-refractivity contribution is -0.109. The van der Waals surface area contributed by atoms with Gasteiger partial charge in [0.1, 0.15) is 12.8 Å². The smallest absolute Gasteiger partial charge is 0.203 e. The molecule has 0 aliphatic carbocycles. The van der Waals surface area contributed by atoms with Gasteiger partial charge in [0.05, 0.1) is 0 Å². The number of hydrogen-bond acceptors (Lipinski definition) is 3. The SMILES string of the molecule is CO/N=C(\C)C(=O)/C=C/c1ccc[nH]1. The van der Waals surface area contributed by atoms with Crippen LogP contribution in [0.1, 0.15) is 12.6 Å². The second-order valence-electron chi connectivity index (χ2n) is 2.68. The zero-order valence-corrected chi connectivity index (χ0v) is 8.15. The molecule has 1 heterocycles. The van der Waals surface area contributed by atoms with Crippen LogP contribution in [0.25, 0.3) is 6.08 Å². The van der Waals surface area contributed by atoms with Crippen LogP contribution in [0.2, 0.25) is 0 Å². The molecule has 0 bridgehead atoms. The third-order valence-corrected chi connectivity index (χ3v) is 1.62. The van der Waals surface area contributed by atoms with Crippen molar-refractivity contribution >= 4 is 17.6 Å². The number of ketones is 1. The van der Waals surface area contributed by atoms with Crippen LogP contribution in [-0.4, -0.2) is 23.6 Å². The number of carbonyl (C=O) groups excluding carboxylic acids is 1. The van der Waals surface area contributed by atoms with E-state index in [-0.39, 0.29) is 5.78 Å². The van der Waals surface area contributed by atoms with Crippen molar-refractivity contribution in [1.82, 2.24) is 4.98 Å². The van der Waals surface area contributed by atoms with E-state index in [1.165, 1.54) is 13.2 Å². The monoisotopic (exact) mass is 192 g/mol. The van der Waals surface area contributed by atoms with Gasteiger partial charge in [-0.2, -0.15) is 0 Å². The summed E-state index contributed by atoms with van der Waals surface area (Å²) in [5.74, 6) is -0.165. The highest BCUT2D eigenvalue weighted by atomic mass is 16.6. The summed E-state index contributed by atoms with van der Waals surface area (Å²) < 4.78 is 0. The molecular weight excluding hydrogens is 180 g/mol. The Morgan fingerprint density at radius 2 is 2.43 bits per heavy atom. The first-order valence-electron chi connectivity index (χ1n) is 4.17. The van der Waals surface area contributed by atoms with E-state index in [4.69, 9.17) is 0 Å². The summed E-state index contributed by atoms with van der Waals surface area (Å²) in [5.41, 5.74) is 1.21. The molecule has 0 saturated carbocycles. The fourth-order valence-electron chi connectivity index (χ4n) is 0.916. The second-order valence-corrected chi connectivity index (χ2v) is 2.68. The molecule has 14 heavy (non-hydrogen) atoms. The molecule has 1 aromatic heterocycles. The van der Waals surface area contributed by atoms with Crippen molar-refractivity contribution in [3.63, 3.8) is 0 Å². The van der Waals surface area contributed by atoms with E-state index >= 15 is 0 Å². The number of aromatic amines is 1. The largest absolute Gasteiger partial charge is 0.399 e. The van der Waals surface area contributed by atoms with Crippen LogP contribution in [0, 0.1) is 0 Å². The maximum Gasteiger partial charge on any atom is 0.203 e. The number of rotatable bonds is 4. The van der Waals surface area contributed by atoms with Crippen LogP contribution < -0.4 is 0 Å². The topological polar surface area (TPSA) is 54.4 Å². The first-order chi connectivity index (χ1) is 6.74. The van der Waals surface area contributed by atoms with Gasteiger partial charge in [0, 0.05) is 11.9 Å². The van der Waals surface area contributed by atoms with Gasteiger partial charge < -0.3 is 9.82 Å². The van der Waals surface area contributed by atoms with Crippen LogP contribution in [-0.2, 0) is 9.63 Å². The number of H-pyrrole nitrogens is 1. The summed E-state index contributed by atoms with van der Waals surface area (Å²) in [5, 5.41) is 3.53. The number of nitrogens with zero attached hydrogens (tertiary/aromatic N) is 1. The molecule has 0 amide bonds.